The smallest absolute Gasteiger partial charge is 0.407 e. The van der Waals surface area contributed by atoms with Crippen LogP contribution in [0.5, 0.6) is 5.75 Å². The number of methoxy groups -OCH3 is 1. The van der Waals surface area contributed by atoms with Gasteiger partial charge in [-0.3, -0.25) is 0 Å². The van der Waals surface area contributed by atoms with Gasteiger partial charge in [0.15, 0.2) is 6.29 Å². The lowest BCUT2D eigenvalue weighted by Gasteiger charge is -2.31. The van der Waals surface area contributed by atoms with Crippen LogP contribution in [0.15, 0.2) is 59.5 Å². The number of carbonyl (C=O) groups is 2. The van der Waals surface area contributed by atoms with Gasteiger partial charge in [-0.25, -0.2) is 18.0 Å². The number of fused-ring (bicyclic) bond motifs is 1. The fourth-order valence-corrected chi connectivity index (χ4v) is 6.80. The van der Waals surface area contributed by atoms with Gasteiger partial charge in [0.05, 0.1) is 49.3 Å². The van der Waals surface area contributed by atoms with Crippen LogP contribution >= 0.6 is 0 Å². The molecule has 3 saturated heterocycles. The Kier molecular flexibility index (Phi) is 9.48. The Morgan fingerprint density at radius 1 is 1.14 bits per heavy atom. The number of hydrogen-bond donors (Lipinski definition) is 3. The summed E-state index contributed by atoms with van der Waals surface area (Å²) >= 11 is 0. The molecule has 0 aromatic heterocycles. The Hall–Kier alpha value is -3.43. The minimum Gasteiger partial charge on any atom is -0.497 e. The standard InChI is InChI=1S/C28H35N3O10S/c1-37-20-7-9-21(10-8-20)42(35,36)31(14-19-16-40-27(33)29-19)15-24(32)23(13-18-5-3-2-4-6-18)30-28(34)41-25-17-39-26-22(25)11-12-38-26/h2-10,19,22-26,32H,11-17H2,1H3,(H,29,33)(H,30,34)/t19-,22-,23-,24+,25-,26+/m0/s1. The summed E-state index contributed by atoms with van der Waals surface area (Å²) in [5.74, 6) is 0.410. The zero-order chi connectivity index (χ0) is 29.7. The van der Waals surface area contributed by atoms with Crippen molar-refractivity contribution in [3.05, 3.63) is 60.2 Å². The minimum atomic E-state index is -4.15. The average Bonchev–Trinajstić information content (AvgIpc) is 3.72. The second kappa shape index (κ2) is 13.3. The summed E-state index contributed by atoms with van der Waals surface area (Å²) in [6, 6.07) is 13.5. The number of hydrogen-bond acceptors (Lipinski definition) is 10. The zero-order valence-corrected chi connectivity index (χ0v) is 23.9. The third-order valence-electron chi connectivity index (χ3n) is 7.56. The van der Waals surface area contributed by atoms with Crippen molar-refractivity contribution >= 4 is 22.2 Å². The Balaban J connectivity index is 1.34. The maximum Gasteiger partial charge on any atom is 0.407 e. The summed E-state index contributed by atoms with van der Waals surface area (Å²) < 4.78 is 55.4. The number of nitrogens with zero attached hydrogens (tertiary/aromatic N) is 1. The normalized spacial score (nSPS) is 24.9. The SMILES string of the molecule is COc1ccc(S(=O)(=O)N(C[C@H]2COC(=O)N2)C[C@@H](O)[C@H](Cc2ccccc2)NC(=O)O[C@H]2CO[C@H]3OCC[C@H]32)cc1. The highest BCUT2D eigenvalue weighted by Gasteiger charge is 2.44. The molecule has 0 bridgehead atoms. The molecule has 0 radical (unpaired) electrons. The molecule has 3 heterocycles. The molecule has 5 rings (SSSR count). The number of aliphatic hydroxyl groups is 1. The van der Waals surface area contributed by atoms with Crippen LogP contribution in [0, 0.1) is 5.92 Å². The van der Waals surface area contributed by atoms with Gasteiger partial charge in [0.2, 0.25) is 10.0 Å². The Bertz CT molecular complexity index is 1330. The third-order valence-corrected chi connectivity index (χ3v) is 9.41. The van der Waals surface area contributed by atoms with Crippen LogP contribution in [0.3, 0.4) is 0 Å². The molecule has 0 saturated carbocycles. The molecule has 2 aromatic rings. The Morgan fingerprint density at radius 2 is 1.90 bits per heavy atom. The fourth-order valence-electron chi connectivity index (χ4n) is 5.30. The fraction of sp³-hybridized carbons (Fsp3) is 0.500. The van der Waals surface area contributed by atoms with Crippen LogP contribution < -0.4 is 15.4 Å². The number of carbonyl (C=O) groups excluding carboxylic acids is 2. The van der Waals surface area contributed by atoms with Crippen LogP contribution in [-0.4, -0.2) is 101 Å². The number of ether oxygens (including phenoxy) is 5. The van der Waals surface area contributed by atoms with Gasteiger partial charge >= 0.3 is 12.2 Å². The number of aliphatic hydroxyl groups excluding tert-OH is 1. The first-order valence-electron chi connectivity index (χ1n) is 13.7. The van der Waals surface area contributed by atoms with E-state index in [1.165, 1.54) is 31.4 Å². The van der Waals surface area contributed by atoms with E-state index in [2.05, 4.69) is 10.6 Å². The molecule has 2 amide bonds. The second-order valence-corrected chi connectivity index (χ2v) is 12.4. The molecule has 2 aromatic carbocycles. The summed E-state index contributed by atoms with van der Waals surface area (Å²) in [5.41, 5.74) is 0.816. The molecule has 42 heavy (non-hydrogen) atoms. The average molecular weight is 606 g/mol. The van der Waals surface area contributed by atoms with Crippen LogP contribution in [0.1, 0.15) is 12.0 Å². The van der Waals surface area contributed by atoms with Crippen molar-refractivity contribution in [2.45, 2.75) is 48.3 Å². The van der Waals surface area contributed by atoms with E-state index in [-0.39, 0.29) is 43.5 Å². The van der Waals surface area contributed by atoms with E-state index >= 15 is 0 Å². The van der Waals surface area contributed by atoms with Gasteiger partial charge in [0.25, 0.3) is 0 Å². The predicted octanol–water partition coefficient (Wildman–Crippen LogP) is 1.25. The molecule has 3 fully saturated rings. The maximum atomic E-state index is 13.8. The number of amides is 2. The van der Waals surface area contributed by atoms with Crippen LogP contribution in [0.25, 0.3) is 0 Å². The lowest BCUT2D eigenvalue weighted by molar-refractivity contribution is -0.0907. The van der Waals surface area contributed by atoms with Gasteiger partial charge in [-0.1, -0.05) is 30.3 Å². The number of benzene rings is 2. The highest BCUT2D eigenvalue weighted by molar-refractivity contribution is 7.89. The largest absolute Gasteiger partial charge is 0.497 e. The number of alkyl carbamates (subject to hydrolysis) is 2. The van der Waals surface area contributed by atoms with Crippen LogP contribution in [-0.2, 0) is 35.4 Å². The lowest BCUT2D eigenvalue weighted by Crippen LogP contribution is -2.53. The molecule has 3 N–H and O–H groups in total. The van der Waals surface area contributed by atoms with Crippen molar-refractivity contribution < 1.29 is 46.8 Å². The molecule has 0 aliphatic carbocycles. The predicted molar refractivity (Wildman–Crippen MR) is 147 cm³/mol. The number of sulfonamides is 1. The van der Waals surface area contributed by atoms with Gasteiger partial charge in [-0.2, -0.15) is 4.31 Å². The molecular formula is C28H35N3O10S. The molecule has 14 heteroatoms. The van der Waals surface area contributed by atoms with Crippen LogP contribution in [0.2, 0.25) is 0 Å². The summed E-state index contributed by atoms with van der Waals surface area (Å²) in [6.07, 6.45) is -2.75. The monoisotopic (exact) mass is 605 g/mol. The van der Waals surface area contributed by atoms with Gasteiger partial charge in [0.1, 0.15) is 18.5 Å². The van der Waals surface area contributed by atoms with Gasteiger partial charge in [0, 0.05) is 13.1 Å². The molecule has 3 aliphatic heterocycles. The third kappa shape index (κ3) is 7.13. The van der Waals surface area contributed by atoms with Crippen molar-refractivity contribution in [3.8, 4) is 5.75 Å². The Labute approximate surface area is 244 Å². The maximum absolute atomic E-state index is 13.8. The summed E-state index contributed by atoms with van der Waals surface area (Å²) in [5, 5.41) is 16.8. The summed E-state index contributed by atoms with van der Waals surface area (Å²) in [4.78, 5) is 24.6. The quantitative estimate of drug-likeness (QED) is 0.321. The van der Waals surface area contributed by atoms with Gasteiger partial charge < -0.3 is 39.4 Å². The highest BCUT2D eigenvalue weighted by Crippen LogP contribution is 2.33. The first kappa shape index (κ1) is 30.0. The van der Waals surface area contributed by atoms with Crippen molar-refractivity contribution in [1.82, 2.24) is 14.9 Å². The molecule has 3 aliphatic rings. The molecule has 0 unspecified atom stereocenters. The minimum absolute atomic E-state index is 0.0257. The van der Waals surface area contributed by atoms with E-state index in [9.17, 15) is 23.1 Å². The van der Waals surface area contributed by atoms with Crippen molar-refractivity contribution in [3.63, 3.8) is 0 Å². The number of rotatable bonds is 12. The number of nitrogens with one attached hydrogen (secondary N) is 2. The van der Waals surface area contributed by atoms with Crippen molar-refractivity contribution in [1.29, 1.82) is 0 Å². The van der Waals surface area contributed by atoms with E-state index < -0.39 is 52.8 Å². The topological polar surface area (TPSA) is 162 Å². The van der Waals surface area contributed by atoms with E-state index in [1.54, 1.807) is 0 Å². The Morgan fingerprint density at radius 3 is 2.60 bits per heavy atom. The van der Waals surface area contributed by atoms with E-state index in [0.717, 1.165) is 9.87 Å². The summed E-state index contributed by atoms with van der Waals surface area (Å²) in [6.45, 7) is 0.150. The molecule has 0 spiro atoms. The first-order chi connectivity index (χ1) is 20.2. The van der Waals surface area contributed by atoms with Gasteiger partial charge in [-0.15, -0.1) is 0 Å². The van der Waals surface area contributed by atoms with E-state index in [4.69, 9.17) is 23.7 Å². The van der Waals surface area contributed by atoms with Crippen LogP contribution in [0.4, 0.5) is 9.59 Å². The van der Waals surface area contributed by atoms with E-state index in [0.29, 0.717) is 18.8 Å². The van der Waals surface area contributed by atoms with Gasteiger partial charge in [-0.05, 0) is 42.7 Å². The molecule has 228 valence electrons. The molecular weight excluding hydrogens is 570 g/mol. The number of cyclic esters (lactones) is 1. The zero-order valence-electron chi connectivity index (χ0n) is 23.1. The molecule has 13 nitrogen and oxygen atoms in total. The second-order valence-electron chi connectivity index (χ2n) is 10.4. The van der Waals surface area contributed by atoms with Crippen molar-refractivity contribution in [2.75, 3.05) is 40.0 Å². The summed E-state index contributed by atoms with van der Waals surface area (Å²) in [7, 11) is -2.68. The first-order valence-corrected chi connectivity index (χ1v) is 15.2. The van der Waals surface area contributed by atoms with E-state index in [1.807, 2.05) is 30.3 Å². The van der Waals surface area contributed by atoms with Crippen molar-refractivity contribution in [2.24, 2.45) is 5.92 Å². The molecule has 6 atom stereocenters. The lowest BCUT2D eigenvalue weighted by atomic mass is 10.0. The highest BCUT2D eigenvalue weighted by atomic mass is 32.2.